The Hall–Kier alpha value is -2.34. The number of carboxylic acid groups (broad SMARTS) is 1. The van der Waals surface area contributed by atoms with Gasteiger partial charge in [-0.1, -0.05) is 29.8 Å². The van der Waals surface area contributed by atoms with Crippen LogP contribution in [0.1, 0.15) is 29.3 Å². The molecule has 2 aromatic rings. The molecule has 0 aliphatic rings. The lowest BCUT2D eigenvalue weighted by atomic mass is 10.2. The highest BCUT2D eigenvalue weighted by molar-refractivity contribution is 6.31. The van der Waals surface area contributed by atoms with Crippen molar-refractivity contribution >= 4 is 23.5 Å². The van der Waals surface area contributed by atoms with Gasteiger partial charge in [-0.05, 0) is 18.6 Å². The Labute approximate surface area is 139 Å². The molecule has 0 atom stereocenters. The predicted octanol–water partition coefficient (Wildman–Crippen LogP) is 2.52. The summed E-state index contributed by atoms with van der Waals surface area (Å²) in [6.07, 6.45) is 3.06. The van der Waals surface area contributed by atoms with E-state index in [0.717, 1.165) is 5.56 Å². The van der Waals surface area contributed by atoms with E-state index in [1.807, 2.05) is 25.1 Å². The summed E-state index contributed by atoms with van der Waals surface area (Å²) < 4.78 is 1.64. The van der Waals surface area contributed by atoms with Crippen LogP contribution in [0.4, 0.5) is 0 Å². The van der Waals surface area contributed by atoms with Gasteiger partial charge in [0, 0.05) is 24.3 Å². The van der Waals surface area contributed by atoms with Crippen molar-refractivity contribution in [2.24, 2.45) is 0 Å². The van der Waals surface area contributed by atoms with Crippen LogP contribution in [0.2, 0.25) is 5.02 Å². The molecule has 1 amide bonds. The summed E-state index contributed by atoms with van der Waals surface area (Å²) in [6.45, 7) is 2.91. The topological polar surface area (TPSA) is 75.4 Å². The van der Waals surface area contributed by atoms with Crippen LogP contribution in [-0.2, 0) is 11.3 Å². The number of amides is 1. The first-order valence-electron chi connectivity index (χ1n) is 7.28. The zero-order valence-electron chi connectivity index (χ0n) is 12.8. The quantitative estimate of drug-likeness (QED) is 0.843. The normalized spacial score (nSPS) is 10.5. The molecule has 6 nitrogen and oxygen atoms in total. The Morgan fingerprint density at radius 2 is 2.09 bits per heavy atom. The van der Waals surface area contributed by atoms with Crippen molar-refractivity contribution in [3.8, 4) is 0 Å². The van der Waals surface area contributed by atoms with Gasteiger partial charge in [0.15, 0.2) is 0 Å². The Morgan fingerprint density at radius 1 is 1.35 bits per heavy atom. The van der Waals surface area contributed by atoms with Crippen LogP contribution in [0, 0.1) is 0 Å². The summed E-state index contributed by atoms with van der Waals surface area (Å²) >= 11 is 6.12. The van der Waals surface area contributed by atoms with Gasteiger partial charge in [0.1, 0.15) is 0 Å². The molecule has 0 saturated carbocycles. The molecule has 0 spiro atoms. The second kappa shape index (κ2) is 7.78. The molecule has 0 radical (unpaired) electrons. The van der Waals surface area contributed by atoms with Gasteiger partial charge >= 0.3 is 5.97 Å². The van der Waals surface area contributed by atoms with Crippen LogP contribution in [0.15, 0.2) is 36.7 Å². The maximum atomic E-state index is 12.4. The van der Waals surface area contributed by atoms with E-state index in [9.17, 15) is 9.59 Å². The monoisotopic (exact) mass is 335 g/mol. The average molecular weight is 336 g/mol. The molecule has 7 heteroatoms. The molecule has 1 aromatic heterocycles. The van der Waals surface area contributed by atoms with Crippen LogP contribution < -0.4 is 0 Å². The van der Waals surface area contributed by atoms with Gasteiger partial charge in [0.2, 0.25) is 0 Å². The number of carbonyl (C=O) groups excluding carboxylic acids is 1. The summed E-state index contributed by atoms with van der Waals surface area (Å²) in [5, 5.41) is 13.6. The summed E-state index contributed by atoms with van der Waals surface area (Å²) in [6, 6.07) is 7.45. The second-order valence-corrected chi connectivity index (χ2v) is 5.45. The number of benzene rings is 1. The SMILES string of the molecule is CCN(CCC(=O)O)C(=O)c1cnn(Cc2ccccc2Cl)c1. The van der Waals surface area contributed by atoms with Crippen LogP contribution in [0.25, 0.3) is 0 Å². The van der Waals surface area contributed by atoms with E-state index >= 15 is 0 Å². The fraction of sp³-hybridized carbons (Fsp3) is 0.312. The molecule has 0 fully saturated rings. The Kier molecular flexibility index (Phi) is 5.76. The van der Waals surface area contributed by atoms with Gasteiger partial charge in [-0.2, -0.15) is 5.10 Å². The Balaban J connectivity index is 2.07. The third-order valence-electron chi connectivity index (χ3n) is 3.43. The number of hydrogen-bond donors (Lipinski definition) is 1. The van der Waals surface area contributed by atoms with E-state index in [2.05, 4.69) is 5.10 Å². The molecule has 122 valence electrons. The van der Waals surface area contributed by atoms with Crippen molar-refractivity contribution in [1.29, 1.82) is 0 Å². The largest absolute Gasteiger partial charge is 0.481 e. The number of rotatable bonds is 7. The fourth-order valence-electron chi connectivity index (χ4n) is 2.18. The van der Waals surface area contributed by atoms with Crippen molar-refractivity contribution in [3.63, 3.8) is 0 Å². The van der Waals surface area contributed by atoms with Crippen LogP contribution in [0.3, 0.4) is 0 Å². The molecule has 23 heavy (non-hydrogen) atoms. The van der Waals surface area contributed by atoms with Crippen molar-refractivity contribution in [1.82, 2.24) is 14.7 Å². The van der Waals surface area contributed by atoms with Gasteiger partial charge < -0.3 is 10.0 Å². The third kappa shape index (κ3) is 4.56. The van der Waals surface area contributed by atoms with Crippen molar-refractivity contribution < 1.29 is 14.7 Å². The van der Waals surface area contributed by atoms with Crippen LogP contribution in [0.5, 0.6) is 0 Å². The lowest BCUT2D eigenvalue weighted by Crippen LogP contribution is -2.32. The number of halogens is 1. The van der Waals surface area contributed by atoms with Crippen LogP contribution >= 0.6 is 11.6 Å². The summed E-state index contributed by atoms with van der Waals surface area (Å²) in [4.78, 5) is 24.5. The highest BCUT2D eigenvalue weighted by atomic mass is 35.5. The van der Waals surface area contributed by atoms with Gasteiger partial charge in [0.05, 0.1) is 24.7 Å². The highest BCUT2D eigenvalue weighted by Crippen LogP contribution is 2.16. The van der Waals surface area contributed by atoms with Crippen molar-refractivity contribution in [2.75, 3.05) is 13.1 Å². The molecule has 2 rings (SSSR count). The van der Waals surface area contributed by atoms with Crippen molar-refractivity contribution in [2.45, 2.75) is 19.9 Å². The smallest absolute Gasteiger partial charge is 0.305 e. The first kappa shape index (κ1) is 17.0. The van der Waals surface area contributed by atoms with E-state index in [4.69, 9.17) is 16.7 Å². The van der Waals surface area contributed by atoms with E-state index in [-0.39, 0.29) is 18.9 Å². The van der Waals surface area contributed by atoms with Gasteiger partial charge in [-0.15, -0.1) is 0 Å². The lowest BCUT2D eigenvalue weighted by molar-refractivity contribution is -0.137. The van der Waals surface area contributed by atoms with E-state index < -0.39 is 5.97 Å². The minimum atomic E-state index is -0.925. The fourth-order valence-corrected chi connectivity index (χ4v) is 2.37. The van der Waals surface area contributed by atoms with Crippen LogP contribution in [-0.4, -0.2) is 44.8 Å². The van der Waals surface area contributed by atoms with Gasteiger partial charge in [0.25, 0.3) is 5.91 Å². The van der Waals surface area contributed by atoms with Gasteiger partial charge in [-0.3, -0.25) is 14.3 Å². The zero-order valence-corrected chi connectivity index (χ0v) is 13.5. The highest BCUT2D eigenvalue weighted by Gasteiger charge is 2.17. The minimum Gasteiger partial charge on any atom is -0.481 e. The van der Waals surface area contributed by atoms with Gasteiger partial charge in [-0.25, -0.2) is 0 Å². The molecule has 1 aromatic carbocycles. The van der Waals surface area contributed by atoms with E-state index in [0.29, 0.717) is 23.7 Å². The maximum absolute atomic E-state index is 12.4. The van der Waals surface area contributed by atoms with E-state index in [1.54, 1.807) is 16.9 Å². The number of carboxylic acids is 1. The molecule has 0 unspecified atom stereocenters. The molecule has 0 saturated heterocycles. The Morgan fingerprint density at radius 3 is 2.74 bits per heavy atom. The Bertz CT molecular complexity index is 699. The minimum absolute atomic E-state index is 0.0761. The summed E-state index contributed by atoms with van der Waals surface area (Å²) in [5.74, 6) is -1.15. The first-order chi connectivity index (χ1) is 11.0. The average Bonchev–Trinajstić information content (AvgIpc) is 2.98. The van der Waals surface area contributed by atoms with E-state index in [1.165, 1.54) is 11.1 Å². The third-order valence-corrected chi connectivity index (χ3v) is 3.80. The molecule has 1 N–H and O–H groups in total. The molecule has 0 bridgehead atoms. The molecule has 0 aliphatic heterocycles. The number of aromatic nitrogens is 2. The molecule has 1 heterocycles. The summed E-state index contributed by atoms with van der Waals surface area (Å²) in [7, 11) is 0. The standard InChI is InChI=1S/C16H18ClN3O3/c1-2-19(8-7-15(21)22)16(23)13-9-18-20(11-13)10-12-5-3-4-6-14(12)17/h3-6,9,11H,2,7-8,10H2,1H3,(H,21,22). The number of carbonyl (C=O) groups is 2. The molecular formula is C16H18ClN3O3. The maximum Gasteiger partial charge on any atom is 0.305 e. The predicted molar refractivity (Wildman–Crippen MR) is 86.6 cm³/mol. The first-order valence-corrected chi connectivity index (χ1v) is 7.66. The summed E-state index contributed by atoms with van der Waals surface area (Å²) in [5.41, 5.74) is 1.35. The molecule has 0 aliphatic carbocycles. The number of nitrogens with zero attached hydrogens (tertiary/aromatic N) is 3. The van der Waals surface area contributed by atoms with Crippen molar-refractivity contribution in [3.05, 3.63) is 52.8 Å². The number of aliphatic carboxylic acids is 1. The second-order valence-electron chi connectivity index (χ2n) is 5.05. The molecular weight excluding hydrogens is 318 g/mol. The lowest BCUT2D eigenvalue weighted by Gasteiger charge is -2.18. The zero-order chi connectivity index (χ0) is 16.8. The number of hydrogen-bond acceptors (Lipinski definition) is 3.